The first-order chi connectivity index (χ1) is 5.15. The number of nitrogens with one attached hydrogen (secondary N) is 1. The van der Waals surface area contributed by atoms with E-state index >= 15 is 0 Å². The zero-order chi connectivity index (χ0) is 9.99. The van der Waals surface area contributed by atoms with Crippen LogP contribution in [-0.4, -0.2) is 26.3 Å². The van der Waals surface area contributed by atoms with Crippen molar-refractivity contribution >= 4 is 10.0 Å². The van der Waals surface area contributed by atoms with Crippen LogP contribution in [0.4, 0.5) is 8.78 Å². The average Bonchev–Trinajstić information content (AvgIpc) is 1.82. The summed E-state index contributed by atoms with van der Waals surface area (Å²) < 4.78 is 46.0. The lowest BCUT2D eigenvalue weighted by atomic mass is 10.1. The third-order valence-electron chi connectivity index (χ3n) is 0.964. The summed E-state index contributed by atoms with van der Waals surface area (Å²) in [5, 5.41) is 0. The van der Waals surface area contributed by atoms with Gasteiger partial charge in [-0.25, -0.2) is 13.1 Å². The Balaban J connectivity index is 4.12. The van der Waals surface area contributed by atoms with Crippen molar-refractivity contribution in [3.8, 4) is 0 Å². The molecule has 0 heterocycles. The highest BCUT2D eigenvalue weighted by Crippen LogP contribution is 2.03. The number of hydrogen-bond donors (Lipinski definition) is 2. The molecule has 0 fully saturated rings. The van der Waals surface area contributed by atoms with Gasteiger partial charge >= 0.3 is 5.76 Å². The van der Waals surface area contributed by atoms with Gasteiger partial charge in [0.2, 0.25) is 0 Å². The van der Waals surface area contributed by atoms with Crippen molar-refractivity contribution in [2.45, 2.75) is 25.1 Å². The molecule has 74 valence electrons. The average molecular weight is 202 g/mol. The highest BCUT2D eigenvalue weighted by atomic mass is 32.2. The second-order valence-corrected chi connectivity index (χ2v) is 4.85. The lowest BCUT2D eigenvalue weighted by Gasteiger charge is -2.18. The maximum absolute atomic E-state index is 11.7. The molecule has 0 unspecified atom stereocenters. The van der Waals surface area contributed by atoms with Gasteiger partial charge < -0.3 is 5.73 Å². The van der Waals surface area contributed by atoms with E-state index in [1.54, 1.807) is 4.72 Å². The maximum Gasteiger partial charge on any atom is 0.350 e. The van der Waals surface area contributed by atoms with E-state index in [4.69, 9.17) is 5.73 Å². The molecule has 0 saturated carbocycles. The van der Waals surface area contributed by atoms with Gasteiger partial charge in [0.05, 0.1) is 0 Å². The minimum atomic E-state index is -4.49. The lowest BCUT2D eigenvalue weighted by Crippen LogP contribution is -2.46. The Morgan fingerprint density at radius 1 is 1.50 bits per heavy atom. The minimum Gasteiger partial charge on any atom is -0.324 e. The standard InChI is InChI=1S/C5H12F2N2O2S/c1-5(2,8)3-9-12(10,11)4(6)7/h4,9H,3,8H2,1-2H3. The van der Waals surface area contributed by atoms with Gasteiger partial charge in [0, 0.05) is 12.1 Å². The Bertz CT molecular complexity index is 232. The van der Waals surface area contributed by atoms with E-state index in [9.17, 15) is 17.2 Å². The summed E-state index contributed by atoms with van der Waals surface area (Å²) in [5.74, 6) is -3.40. The highest BCUT2D eigenvalue weighted by Gasteiger charge is 2.25. The van der Waals surface area contributed by atoms with Crippen LogP contribution in [0.1, 0.15) is 13.8 Å². The molecule has 0 rings (SSSR count). The third kappa shape index (κ3) is 4.58. The second-order valence-electron chi connectivity index (χ2n) is 3.12. The number of rotatable bonds is 4. The molecule has 0 aliphatic rings. The monoisotopic (exact) mass is 202 g/mol. The Labute approximate surface area is 70.2 Å². The molecule has 12 heavy (non-hydrogen) atoms. The quantitative estimate of drug-likeness (QED) is 0.666. The molecule has 3 N–H and O–H groups in total. The first kappa shape index (κ1) is 11.7. The summed E-state index contributed by atoms with van der Waals surface area (Å²) in [6, 6.07) is 0. The summed E-state index contributed by atoms with van der Waals surface area (Å²) in [6.07, 6.45) is 0. The first-order valence-corrected chi connectivity index (χ1v) is 4.75. The fourth-order valence-electron chi connectivity index (χ4n) is 0.350. The smallest absolute Gasteiger partial charge is 0.324 e. The van der Waals surface area contributed by atoms with Gasteiger partial charge in [0.1, 0.15) is 0 Å². The van der Waals surface area contributed by atoms with Gasteiger partial charge in [-0.15, -0.1) is 0 Å². The largest absolute Gasteiger partial charge is 0.350 e. The summed E-state index contributed by atoms with van der Waals surface area (Å²) in [5.41, 5.74) is 4.54. The zero-order valence-corrected chi connectivity index (χ0v) is 7.66. The number of halogens is 2. The molecule has 0 radical (unpaired) electrons. The van der Waals surface area contributed by atoms with Crippen LogP contribution in [-0.2, 0) is 10.0 Å². The summed E-state index contributed by atoms with van der Waals surface area (Å²) in [6.45, 7) is 2.85. The molecule has 4 nitrogen and oxygen atoms in total. The van der Waals surface area contributed by atoms with Crippen molar-refractivity contribution in [1.82, 2.24) is 4.72 Å². The van der Waals surface area contributed by atoms with Gasteiger partial charge in [0.15, 0.2) is 0 Å². The van der Waals surface area contributed by atoms with E-state index < -0.39 is 21.3 Å². The van der Waals surface area contributed by atoms with Crippen LogP contribution >= 0.6 is 0 Å². The Hall–Kier alpha value is -0.270. The van der Waals surface area contributed by atoms with Crippen molar-refractivity contribution in [1.29, 1.82) is 0 Å². The Morgan fingerprint density at radius 3 is 2.17 bits per heavy atom. The van der Waals surface area contributed by atoms with Crippen LogP contribution < -0.4 is 10.5 Å². The molecular formula is C5H12F2N2O2S. The molecule has 0 aromatic carbocycles. The molecule has 0 amide bonds. The van der Waals surface area contributed by atoms with Crippen molar-refractivity contribution in [2.75, 3.05) is 6.54 Å². The summed E-state index contributed by atoms with van der Waals surface area (Å²) in [7, 11) is -4.49. The first-order valence-electron chi connectivity index (χ1n) is 3.21. The van der Waals surface area contributed by atoms with Crippen LogP contribution in [0, 0.1) is 0 Å². The molecule has 0 aromatic heterocycles. The lowest BCUT2D eigenvalue weighted by molar-refractivity contribution is 0.232. The molecule has 0 aliphatic carbocycles. The topological polar surface area (TPSA) is 72.2 Å². The van der Waals surface area contributed by atoms with Crippen molar-refractivity contribution in [3.63, 3.8) is 0 Å². The minimum absolute atomic E-state index is 0.209. The molecule has 0 aromatic rings. The number of sulfonamides is 1. The Morgan fingerprint density at radius 2 is 1.92 bits per heavy atom. The van der Waals surface area contributed by atoms with Gasteiger partial charge in [-0.1, -0.05) is 0 Å². The van der Waals surface area contributed by atoms with Crippen LogP contribution in [0.25, 0.3) is 0 Å². The molecular weight excluding hydrogens is 190 g/mol. The SMILES string of the molecule is CC(C)(N)CNS(=O)(=O)C(F)F. The highest BCUT2D eigenvalue weighted by molar-refractivity contribution is 7.89. The molecule has 0 atom stereocenters. The molecule has 0 bridgehead atoms. The Kier molecular flexibility index (Phi) is 3.55. The van der Waals surface area contributed by atoms with Crippen molar-refractivity contribution in [2.24, 2.45) is 5.73 Å². The van der Waals surface area contributed by atoms with Crippen molar-refractivity contribution in [3.05, 3.63) is 0 Å². The van der Waals surface area contributed by atoms with Gasteiger partial charge in [-0.3, -0.25) is 0 Å². The maximum atomic E-state index is 11.7. The molecule has 7 heteroatoms. The number of nitrogens with two attached hydrogens (primary N) is 1. The predicted octanol–water partition coefficient (Wildman–Crippen LogP) is -0.134. The van der Waals surface area contributed by atoms with E-state index in [-0.39, 0.29) is 6.54 Å². The van der Waals surface area contributed by atoms with E-state index in [1.807, 2.05) is 0 Å². The van der Waals surface area contributed by atoms with E-state index in [1.165, 1.54) is 13.8 Å². The van der Waals surface area contributed by atoms with E-state index in [0.717, 1.165) is 0 Å². The van der Waals surface area contributed by atoms with Crippen LogP contribution in [0.15, 0.2) is 0 Å². The predicted molar refractivity (Wildman–Crippen MR) is 41.2 cm³/mol. The molecule has 0 aliphatic heterocycles. The number of hydrogen-bond acceptors (Lipinski definition) is 3. The van der Waals surface area contributed by atoms with E-state index in [0.29, 0.717) is 0 Å². The molecule has 0 spiro atoms. The third-order valence-corrected chi connectivity index (χ3v) is 1.98. The fourth-order valence-corrected chi connectivity index (χ4v) is 1.05. The number of alkyl halides is 2. The second kappa shape index (κ2) is 3.63. The van der Waals surface area contributed by atoms with Gasteiger partial charge in [0.25, 0.3) is 10.0 Å². The van der Waals surface area contributed by atoms with Gasteiger partial charge in [-0.2, -0.15) is 8.78 Å². The summed E-state index contributed by atoms with van der Waals surface area (Å²) in [4.78, 5) is 0. The van der Waals surface area contributed by atoms with Gasteiger partial charge in [-0.05, 0) is 13.8 Å². The summed E-state index contributed by atoms with van der Waals surface area (Å²) >= 11 is 0. The van der Waals surface area contributed by atoms with Crippen LogP contribution in [0.3, 0.4) is 0 Å². The zero-order valence-electron chi connectivity index (χ0n) is 6.84. The van der Waals surface area contributed by atoms with Crippen LogP contribution in [0.5, 0.6) is 0 Å². The fraction of sp³-hybridized carbons (Fsp3) is 1.00. The van der Waals surface area contributed by atoms with E-state index in [2.05, 4.69) is 0 Å². The molecule has 0 saturated heterocycles. The van der Waals surface area contributed by atoms with Crippen LogP contribution in [0.2, 0.25) is 0 Å². The normalized spacial score (nSPS) is 13.8. The van der Waals surface area contributed by atoms with Crippen molar-refractivity contribution < 1.29 is 17.2 Å².